The minimum atomic E-state index is -0.221. The van der Waals surface area contributed by atoms with E-state index in [1.165, 1.54) is 5.56 Å². The molecule has 0 saturated carbocycles. The monoisotopic (exact) mass is 367 g/mol. The summed E-state index contributed by atoms with van der Waals surface area (Å²) in [5.41, 5.74) is 6.05. The van der Waals surface area contributed by atoms with Gasteiger partial charge in [-0.3, -0.25) is 9.69 Å². The molecule has 1 fully saturated rings. The van der Waals surface area contributed by atoms with E-state index in [4.69, 9.17) is 9.47 Å². The Balaban J connectivity index is 1.56. The third-order valence-corrected chi connectivity index (χ3v) is 4.56. The van der Waals surface area contributed by atoms with E-state index in [9.17, 15) is 4.79 Å². The van der Waals surface area contributed by atoms with Gasteiger partial charge in [0.2, 0.25) is 0 Å². The molecule has 1 aliphatic heterocycles. The Morgan fingerprint density at radius 1 is 1.07 bits per heavy atom. The predicted molar refractivity (Wildman–Crippen MR) is 105 cm³/mol. The molecule has 0 aliphatic carbocycles. The highest BCUT2D eigenvalue weighted by Crippen LogP contribution is 2.12. The lowest BCUT2D eigenvalue weighted by molar-refractivity contribution is 0.0342. The standard InChI is InChI=1S/C21H25N3O3/c1-16(18-7-9-20(26-2)10-8-18)22-23-21(25)19-5-3-17(4-6-19)15-24-11-13-27-14-12-24/h3-10H,11-15H2,1-2H3,(H,23,25)/b22-16+. The van der Waals surface area contributed by atoms with Gasteiger partial charge in [0, 0.05) is 25.2 Å². The molecule has 1 aliphatic rings. The van der Waals surface area contributed by atoms with E-state index in [0.29, 0.717) is 5.56 Å². The lowest BCUT2D eigenvalue weighted by atomic mass is 10.1. The number of carbonyl (C=O) groups is 1. The lowest BCUT2D eigenvalue weighted by Gasteiger charge is -2.26. The van der Waals surface area contributed by atoms with Crippen molar-refractivity contribution in [3.8, 4) is 5.75 Å². The molecule has 0 bridgehead atoms. The fourth-order valence-corrected chi connectivity index (χ4v) is 2.87. The van der Waals surface area contributed by atoms with Crippen LogP contribution in [0.5, 0.6) is 5.75 Å². The van der Waals surface area contributed by atoms with Crippen LogP contribution in [0.15, 0.2) is 53.6 Å². The molecule has 2 aromatic rings. The fourth-order valence-electron chi connectivity index (χ4n) is 2.87. The highest BCUT2D eigenvalue weighted by atomic mass is 16.5. The van der Waals surface area contributed by atoms with Crippen molar-refractivity contribution in [2.45, 2.75) is 13.5 Å². The summed E-state index contributed by atoms with van der Waals surface area (Å²) < 4.78 is 10.5. The number of nitrogens with one attached hydrogen (secondary N) is 1. The first-order chi connectivity index (χ1) is 13.2. The van der Waals surface area contributed by atoms with Crippen molar-refractivity contribution in [2.75, 3.05) is 33.4 Å². The number of carbonyl (C=O) groups excluding carboxylic acids is 1. The Kier molecular flexibility index (Phi) is 6.57. The van der Waals surface area contributed by atoms with E-state index in [0.717, 1.165) is 49.9 Å². The van der Waals surface area contributed by atoms with Crippen LogP contribution >= 0.6 is 0 Å². The normalized spacial score (nSPS) is 15.4. The smallest absolute Gasteiger partial charge is 0.271 e. The maximum atomic E-state index is 12.3. The summed E-state index contributed by atoms with van der Waals surface area (Å²) in [6.45, 7) is 6.19. The number of hydrogen-bond acceptors (Lipinski definition) is 5. The molecular weight excluding hydrogens is 342 g/mol. The average molecular weight is 367 g/mol. The van der Waals surface area contributed by atoms with Gasteiger partial charge in [0.05, 0.1) is 26.0 Å². The Hall–Kier alpha value is -2.70. The summed E-state index contributed by atoms with van der Waals surface area (Å²) in [6, 6.07) is 15.2. The fraction of sp³-hybridized carbons (Fsp3) is 0.333. The Morgan fingerprint density at radius 2 is 1.70 bits per heavy atom. The zero-order valence-electron chi connectivity index (χ0n) is 15.8. The van der Waals surface area contributed by atoms with Crippen LogP contribution in [0.2, 0.25) is 0 Å². The van der Waals surface area contributed by atoms with Gasteiger partial charge in [0.25, 0.3) is 5.91 Å². The molecule has 0 radical (unpaired) electrons. The predicted octanol–water partition coefficient (Wildman–Crippen LogP) is 2.68. The first-order valence-electron chi connectivity index (χ1n) is 9.04. The lowest BCUT2D eigenvalue weighted by Crippen LogP contribution is -2.35. The van der Waals surface area contributed by atoms with Crippen LogP contribution in [-0.4, -0.2) is 49.9 Å². The van der Waals surface area contributed by atoms with Gasteiger partial charge in [-0.05, 0) is 54.4 Å². The summed E-state index contributed by atoms with van der Waals surface area (Å²) >= 11 is 0. The number of morpholine rings is 1. The second-order valence-corrected chi connectivity index (χ2v) is 6.45. The maximum absolute atomic E-state index is 12.3. The zero-order valence-corrected chi connectivity index (χ0v) is 15.8. The zero-order chi connectivity index (χ0) is 19.1. The van der Waals surface area contributed by atoms with Crippen LogP contribution < -0.4 is 10.2 Å². The molecule has 0 spiro atoms. The molecule has 142 valence electrons. The molecule has 2 aromatic carbocycles. The third-order valence-electron chi connectivity index (χ3n) is 4.56. The number of rotatable bonds is 6. The van der Waals surface area contributed by atoms with Crippen LogP contribution in [0.4, 0.5) is 0 Å². The van der Waals surface area contributed by atoms with Gasteiger partial charge in [-0.25, -0.2) is 5.43 Å². The van der Waals surface area contributed by atoms with Crippen LogP contribution in [0.1, 0.15) is 28.4 Å². The van der Waals surface area contributed by atoms with Crippen molar-refractivity contribution in [3.63, 3.8) is 0 Å². The highest BCUT2D eigenvalue weighted by Gasteiger charge is 2.11. The van der Waals surface area contributed by atoms with Gasteiger partial charge in [-0.15, -0.1) is 0 Å². The quantitative estimate of drug-likeness (QED) is 0.630. The second-order valence-electron chi connectivity index (χ2n) is 6.45. The topological polar surface area (TPSA) is 63.2 Å². The van der Waals surface area contributed by atoms with Crippen molar-refractivity contribution in [3.05, 3.63) is 65.2 Å². The van der Waals surface area contributed by atoms with E-state index < -0.39 is 0 Å². The Bertz CT molecular complexity index is 779. The molecule has 0 atom stereocenters. The first-order valence-corrected chi connectivity index (χ1v) is 9.04. The van der Waals surface area contributed by atoms with Gasteiger partial charge < -0.3 is 9.47 Å². The number of hydrogen-bond donors (Lipinski definition) is 1. The summed E-state index contributed by atoms with van der Waals surface area (Å²) in [5.74, 6) is 0.563. The summed E-state index contributed by atoms with van der Waals surface area (Å²) in [4.78, 5) is 14.7. The van der Waals surface area contributed by atoms with Crippen LogP contribution in [0, 0.1) is 0 Å². The second kappa shape index (κ2) is 9.30. The Labute approximate surface area is 159 Å². The molecule has 27 heavy (non-hydrogen) atoms. The van der Waals surface area contributed by atoms with Gasteiger partial charge in [-0.1, -0.05) is 12.1 Å². The van der Waals surface area contributed by atoms with E-state index >= 15 is 0 Å². The third kappa shape index (κ3) is 5.39. The molecule has 1 heterocycles. The number of benzene rings is 2. The number of ether oxygens (including phenoxy) is 2. The number of hydrazone groups is 1. The summed E-state index contributed by atoms with van der Waals surface area (Å²) in [7, 11) is 1.63. The molecule has 6 heteroatoms. The van der Waals surface area contributed by atoms with Crippen molar-refractivity contribution in [2.24, 2.45) is 5.10 Å². The molecule has 0 aromatic heterocycles. The van der Waals surface area contributed by atoms with Gasteiger partial charge in [0.1, 0.15) is 5.75 Å². The average Bonchev–Trinajstić information content (AvgIpc) is 2.73. The molecule has 1 amide bonds. The van der Waals surface area contributed by atoms with Gasteiger partial charge in [0.15, 0.2) is 0 Å². The molecule has 0 unspecified atom stereocenters. The van der Waals surface area contributed by atoms with Crippen molar-refractivity contribution >= 4 is 11.6 Å². The molecule has 6 nitrogen and oxygen atoms in total. The minimum absolute atomic E-state index is 0.221. The molecular formula is C21H25N3O3. The largest absolute Gasteiger partial charge is 0.497 e. The molecule has 3 rings (SSSR count). The van der Waals surface area contributed by atoms with Crippen molar-refractivity contribution in [1.82, 2.24) is 10.3 Å². The van der Waals surface area contributed by atoms with E-state index in [-0.39, 0.29) is 5.91 Å². The minimum Gasteiger partial charge on any atom is -0.497 e. The van der Waals surface area contributed by atoms with E-state index in [2.05, 4.69) is 15.4 Å². The molecule has 1 N–H and O–H groups in total. The van der Waals surface area contributed by atoms with Gasteiger partial charge >= 0.3 is 0 Å². The van der Waals surface area contributed by atoms with Crippen molar-refractivity contribution < 1.29 is 14.3 Å². The Morgan fingerprint density at radius 3 is 2.33 bits per heavy atom. The number of methoxy groups -OCH3 is 1. The van der Waals surface area contributed by atoms with Crippen LogP contribution in [0.3, 0.4) is 0 Å². The van der Waals surface area contributed by atoms with Gasteiger partial charge in [-0.2, -0.15) is 5.10 Å². The summed E-state index contributed by atoms with van der Waals surface area (Å²) in [6.07, 6.45) is 0. The number of nitrogens with zero attached hydrogens (tertiary/aromatic N) is 2. The SMILES string of the molecule is COc1ccc(/C(C)=N/NC(=O)c2ccc(CN3CCOCC3)cc2)cc1. The summed E-state index contributed by atoms with van der Waals surface area (Å²) in [5, 5.41) is 4.20. The van der Waals surface area contributed by atoms with E-state index in [1.54, 1.807) is 7.11 Å². The van der Waals surface area contributed by atoms with Crippen molar-refractivity contribution in [1.29, 1.82) is 0 Å². The first kappa shape index (κ1) is 19.1. The molecule has 1 saturated heterocycles. The van der Waals surface area contributed by atoms with Crippen LogP contribution in [-0.2, 0) is 11.3 Å². The number of amides is 1. The van der Waals surface area contributed by atoms with Crippen LogP contribution in [0.25, 0.3) is 0 Å². The maximum Gasteiger partial charge on any atom is 0.271 e. The highest BCUT2D eigenvalue weighted by molar-refractivity contribution is 6.00. The van der Waals surface area contributed by atoms with E-state index in [1.807, 2.05) is 55.5 Å².